The molecule has 1 aromatic carbocycles. The fourth-order valence-corrected chi connectivity index (χ4v) is 2.15. The van der Waals surface area contributed by atoms with Gasteiger partial charge in [0, 0.05) is 29.3 Å². The van der Waals surface area contributed by atoms with Crippen molar-refractivity contribution in [1.82, 2.24) is 14.4 Å². The Labute approximate surface area is 117 Å². The number of hydrogen-bond acceptors (Lipinski definition) is 4. The molecule has 5 heteroatoms. The van der Waals surface area contributed by atoms with Crippen LogP contribution in [0.4, 0.5) is 5.69 Å². The standard InChI is InChI=1S/C15H16N4O/c1-10-6-11(2)19-8-13(18-15(19)17-10)9-20-14-5-3-4-12(16)7-14/h3-8H,9,16H2,1-2H3. The van der Waals surface area contributed by atoms with E-state index < -0.39 is 0 Å². The second-order valence-corrected chi connectivity index (χ2v) is 4.80. The van der Waals surface area contributed by atoms with Crippen molar-refractivity contribution in [2.75, 3.05) is 5.73 Å². The smallest absolute Gasteiger partial charge is 0.234 e. The van der Waals surface area contributed by atoms with Crippen LogP contribution in [0.3, 0.4) is 0 Å². The van der Waals surface area contributed by atoms with Crippen LogP contribution in [0, 0.1) is 13.8 Å². The van der Waals surface area contributed by atoms with Crippen LogP contribution in [0.15, 0.2) is 36.5 Å². The van der Waals surface area contributed by atoms with Gasteiger partial charge in [-0.05, 0) is 32.0 Å². The Kier molecular flexibility index (Phi) is 3.02. The summed E-state index contributed by atoms with van der Waals surface area (Å²) >= 11 is 0. The Bertz CT molecular complexity index is 764. The molecular weight excluding hydrogens is 252 g/mol. The van der Waals surface area contributed by atoms with E-state index in [-0.39, 0.29) is 0 Å². The molecule has 20 heavy (non-hydrogen) atoms. The summed E-state index contributed by atoms with van der Waals surface area (Å²) < 4.78 is 7.65. The lowest BCUT2D eigenvalue weighted by Crippen LogP contribution is -1.96. The fraction of sp³-hybridized carbons (Fsp3) is 0.200. The SMILES string of the molecule is Cc1cc(C)n2cc(COc3cccc(N)c3)nc2n1. The van der Waals surface area contributed by atoms with Crippen molar-refractivity contribution in [3.05, 3.63) is 53.6 Å². The minimum Gasteiger partial charge on any atom is -0.487 e. The summed E-state index contributed by atoms with van der Waals surface area (Å²) in [7, 11) is 0. The van der Waals surface area contributed by atoms with Crippen LogP contribution in [-0.4, -0.2) is 14.4 Å². The van der Waals surface area contributed by atoms with E-state index in [1.54, 1.807) is 6.07 Å². The highest BCUT2D eigenvalue weighted by Gasteiger charge is 2.06. The molecule has 0 aliphatic rings. The lowest BCUT2D eigenvalue weighted by atomic mass is 10.3. The van der Waals surface area contributed by atoms with E-state index in [1.807, 2.05) is 48.7 Å². The van der Waals surface area contributed by atoms with Crippen molar-refractivity contribution in [3.63, 3.8) is 0 Å². The molecule has 0 radical (unpaired) electrons. The average Bonchev–Trinajstić information content (AvgIpc) is 2.80. The zero-order valence-corrected chi connectivity index (χ0v) is 11.5. The lowest BCUT2D eigenvalue weighted by Gasteiger charge is -2.04. The van der Waals surface area contributed by atoms with Crippen LogP contribution >= 0.6 is 0 Å². The number of hydrogen-bond donors (Lipinski definition) is 1. The average molecular weight is 268 g/mol. The van der Waals surface area contributed by atoms with Crippen molar-refractivity contribution < 1.29 is 4.74 Å². The van der Waals surface area contributed by atoms with Crippen LogP contribution in [-0.2, 0) is 6.61 Å². The molecule has 0 bridgehead atoms. The Morgan fingerprint density at radius 1 is 1.20 bits per heavy atom. The van der Waals surface area contributed by atoms with Crippen molar-refractivity contribution >= 4 is 11.5 Å². The Morgan fingerprint density at radius 2 is 2.05 bits per heavy atom. The molecule has 3 aromatic rings. The highest BCUT2D eigenvalue weighted by Crippen LogP contribution is 2.16. The first kappa shape index (κ1) is 12.5. The molecule has 102 valence electrons. The molecule has 0 unspecified atom stereocenters. The third-order valence-electron chi connectivity index (χ3n) is 3.06. The quantitative estimate of drug-likeness (QED) is 0.741. The summed E-state index contributed by atoms with van der Waals surface area (Å²) in [6.07, 6.45) is 1.95. The monoisotopic (exact) mass is 268 g/mol. The maximum Gasteiger partial charge on any atom is 0.234 e. The van der Waals surface area contributed by atoms with Gasteiger partial charge in [0.05, 0.1) is 5.69 Å². The van der Waals surface area contributed by atoms with E-state index in [9.17, 15) is 0 Å². The van der Waals surface area contributed by atoms with Gasteiger partial charge in [-0.25, -0.2) is 9.97 Å². The number of fused-ring (bicyclic) bond motifs is 1. The second kappa shape index (κ2) is 4.85. The van der Waals surface area contributed by atoms with Gasteiger partial charge in [-0.2, -0.15) is 0 Å². The van der Waals surface area contributed by atoms with Gasteiger partial charge >= 0.3 is 0 Å². The van der Waals surface area contributed by atoms with E-state index in [0.29, 0.717) is 18.1 Å². The maximum atomic E-state index is 5.72. The first-order chi connectivity index (χ1) is 9.61. The van der Waals surface area contributed by atoms with Gasteiger partial charge < -0.3 is 10.5 Å². The van der Waals surface area contributed by atoms with Crippen molar-refractivity contribution in [2.24, 2.45) is 0 Å². The number of benzene rings is 1. The summed E-state index contributed by atoms with van der Waals surface area (Å²) in [6, 6.07) is 9.39. The van der Waals surface area contributed by atoms with Gasteiger partial charge in [0.2, 0.25) is 5.78 Å². The molecule has 0 aliphatic heterocycles. The summed E-state index contributed by atoms with van der Waals surface area (Å²) in [4.78, 5) is 8.87. The van der Waals surface area contributed by atoms with Gasteiger partial charge in [-0.1, -0.05) is 6.07 Å². The first-order valence-electron chi connectivity index (χ1n) is 6.42. The number of nitrogens with zero attached hydrogens (tertiary/aromatic N) is 3. The molecular formula is C15H16N4O. The number of aryl methyl sites for hydroxylation is 2. The molecule has 2 N–H and O–H groups in total. The van der Waals surface area contributed by atoms with E-state index in [2.05, 4.69) is 9.97 Å². The molecule has 0 fully saturated rings. The molecule has 0 atom stereocenters. The van der Waals surface area contributed by atoms with Gasteiger partial charge in [0.1, 0.15) is 12.4 Å². The Balaban J connectivity index is 1.83. The van der Waals surface area contributed by atoms with Crippen molar-refractivity contribution in [3.8, 4) is 5.75 Å². The zero-order chi connectivity index (χ0) is 14.1. The van der Waals surface area contributed by atoms with E-state index in [1.165, 1.54) is 0 Å². The number of aromatic nitrogens is 3. The minimum absolute atomic E-state index is 0.394. The van der Waals surface area contributed by atoms with Gasteiger partial charge in [-0.3, -0.25) is 4.40 Å². The summed E-state index contributed by atoms with van der Waals surface area (Å²) in [5.74, 6) is 1.44. The summed E-state index contributed by atoms with van der Waals surface area (Å²) in [5, 5.41) is 0. The topological polar surface area (TPSA) is 65.4 Å². The van der Waals surface area contributed by atoms with Gasteiger partial charge in [0.15, 0.2) is 0 Å². The predicted molar refractivity (Wildman–Crippen MR) is 77.6 cm³/mol. The molecule has 0 saturated carbocycles. The molecule has 3 rings (SSSR count). The maximum absolute atomic E-state index is 5.72. The van der Waals surface area contributed by atoms with E-state index in [0.717, 1.165) is 22.8 Å². The molecule has 2 heterocycles. The lowest BCUT2D eigenvalue weighted by molar-refractivity contribution is 0.302. The highest BCUT2D eigenvalue weighted by atomic mass is 16.5. The Morgan fingerprint density at radius 3 is 2.85 bits per heavy atom. The fourth-order valence-electron chi connectivity index (χ4n) is 2.15. The molecule has 0 saturated heterocycles. The Hall–Kier alpha value is -2.56. The number of ether oxygens (including phenoxy) is 1. The van der Waals surface area contributed by atoms with Crippen molar-refractivity contribution in [2.45, 2.75) is 20.5 Å². The predicted octanol–water partition coefficient (Wildman–Crippen LogP) is 2.51. The third kappa shape index (κ3) is 2.42. The van der Waals surface area contributed by atoms with E-state index in [4.69, 9.17) is 10.5 Å². The number of nitrogens with two attached hydrogens (primary N) is 1. The molecule has 5 nitrogen and oxygen atoms in total. The van der Waals surface area contributed by atoms with Gasteiger partial charge in [-0.15, -0.1) is 0 Å². The highest BCUT2D eigenvalue weighted by molar-refractivity contribution is 5.43. The van der Waals surface area contributed by atoms with E-state index >= 15 is 0 Å². The van der Waals surface area contributed by atoms with Crippen LogP contribution < -0.4 is 10.5 Å². The minimum atomic E-state index is 0.394. The molecule has 0 aliphatic carbocycles. The zero-order valence-electron chi connectivity index (χ0n) is 11.5. The number of nitrogen functional groups attached to an aromatic ring is 1. The number of rotatable bonds is 3. The third-order valence-corrected chi connectivity index (χ3v) is 3.06. The van der Waals surface area contributed by atoms with Crippen molar-refractivity contribution in [1.29, 1.82) is 0 Å². The molecule has 0 amide bonds. The molecule has 2 aromatic heterocycles. The largest absolute Gasteiger partial charge is 0.487 e. The summed E-state index contributed by atoms with van der Waals surface area (Å²) in [5.41, 5.74) is 9.31. The normalized spacial score (nSPS) is 10.9. The van der Waals surface area contributed by atoms with Crippen LogP contribution in [0.1, 0.15) is 17.1 Å². The van der Waals surface area contributed by atoms with Gasteiger partial charge in [0.25, 0.3) is 0 Å². The van der Waals surface area contributed by atoms with Crippen LogP contribution in [0.25, 0.3) is 5.78 Å². The molecule has 0 spiro atoms. The summed E-state index contributed by atoms with van der Waals surface area (Å²) in [6.45, 7) is 4.39. The van der Waals surface area contributed by atoms with Crippen LogP contribution in [0.5, 0.6) is 5.75 Å². The first-order valence-corrected chi connectivity index (χ1v) is 6.42. The number of imidazole rings is 1. The second-order valence-electron chi connectivity index (χ2n) is 4.80. The number of anilines is 1. The van der Waals surface area contributed by atoms with Crippen LogP contribution in [0.2, 0.25) is 0 Å².